The summed E-state index contributed by atoms with van der Waals surface area (Å²) < 4.78 is 5.55. The van der Waals surface area contributed by atoms with Crippen molar-refractivity contribution in [2.75, 3.05) is 31.1 Å². The van der Waals surface area contributed by atoms with Gasteiger partial charge >= 0.3 is 0 Å². The third kappa shape index (κ3) is 4.77. The minimum atomic E-state index is -0.263. The van der Waals surface area contributed by atoms with E-state index in [-0.39, 0.29) is 36.9 Å². The monoisotopic (exact) mass is 413 g/mol. The third-order valence-corrected chi connectivity index (χ3v) is 6.31. The highest BCUT2D eigenvalue weighted by Crippen LogP contribution is 2.33. The number of hydrogen-bond acceptors (Lipinski definition) is 4. The van der Waals surface area contributed by atoms with Gasteiger partial charge in [0, 0.05) is 24.7 Å². The highest BCUT2D eigenvalue weighted by atomic mass is 16.5. The normalized spacial score (nSPS) is 20.2. The predicted octanol–water partition coefficient (Wildman–Crippen LogP) is 2.88. The van der Waals surface area contributed by atoms with Crippen molar-refractivity contribution in [3.8, 4) is 5.75 Å². The Labute approximate surface area is 177 Å². The molecule has 4 rings (SSSR count). The second-order valence-electron chi connectivity index (χ2n) is 8.56. The van der Waals surface area contributed by atoms with E-state index in [0.29, 0.717) is 17.0 Å². The molecule has 30 heavy (non-hydrogen) atoms. The molecule has 1 aromatic carbocycles. The molecule has 1 N–H and O–H groups in total. The summed E-state index contributed by atoms with van der Waals surface area (Å²) in [7, 11) is 0. The van der Waals surface area contributed by atoms with Gasteiger partial charge in [0.15, 0.2) is 6.61 Å². The first-order chi connectivity index (χ1) is 14.6. The summed E-state index contributed by atoms with van der Waals surface area (Å²) in [6.45, 7) is 1.38. The van der Waals surface area contributed by atoms with Crippen molar-refractivity contribution in [3.63, 3.8) is 0 Å². The molecule has 2 fully saturated rings. The Hall–Kier alpha value is -2.57. The molecule has 1 saturated carbocycles. The molecule has 1 aliphatic carbocycles. The average Bonchev–Trinajstić information content (AvgIpc) is 3.04. The lowest BCUT2D eigenvalue weighted by Gasteiger charge is -2.31. The molecule has 7 nitrogen and oxygen atoms in total. The molecule has 0 aromatic heterocycles. The highest BCUT2D eigenvalue weighted by Gasteiger charge is 2.30. The zero-order valence-electron chi connectivity index (χ0n) is 17.5. The zero-order chi connectivity index (χ0) is 20.9. The Kier molecular flexibility index (Phi) is 6.55. The fraction of sp³-hybridized carbons (Fsp3) is 0.609. The number of fused-ring (bicyclic) bond motifs is 1. The van der Waals surface area contributed by atoms with E-state index in [4.69, 9.17) is 4.74 Å². The number of carbonyl (C=O) groups excluding carboxylic acids is 3. The van der Waals surface area contributed by atoms with Gasteiger partial charge in [-0.15, -0.1) is 0 Å². The van der Waals surface area contributed by atoms with Crippen LogP contribution in [-0.4, -0.2) is 54.9 Å². The number of piperidine rings is 1. The van der Waals surface area contributed by atoms with E-state index < -0.39 is 0 Å². The van der Waals surface area contributed by atoms with E-state index in [0.717, 1.165) is 58.0 Å². The van der Waals surface area contributed by atoms with Gasteiger partial charge in [0.2, 0.25) is 5.91 Å². The summed E-state index contributed by atoms with van der Waals surface area (Å²) in [4.78, 5) is 41.5. The first-order valence-corrected chi connectivity index (χ1v) is 11.3. The Morgan fingerprint density at radius 1 is 1.00 bits per heavy atom. The van der Waals surface area contributed by atoms with Crippen LogP contribution in [0, 0.1) is 0 Å². The van der Waals surface area contributed by atoms with Gasteiger partial charge < -0.3 is 15.0 Å². The van der Waals surface area contributed by atoms with Crippen molar-refractivity contribution in [3.05, 3.63) is 23.8 Å². The molecular weight excluding hydrogens is 382 g/mol. The van der Waals surface area contributed by atoms with Gasteiger partial charge in [-0.2, -0.15) is 0 Å². The molecule has 0 radical (unpaired) electrons. The molecule has 7 heteroatoms. The first-order valence-electron chi connectivity index (χ1n) is 11.3. The van der Waals surface area contributed by atoms with Crippen LogP contribution >= 0.6 is 0 Å². The van der Waals surface area contributed by atoms with Gasteiger partial charge in [-0.25, -0.2) is 0 Å². The molecule has 0 spiro atoms. The molecule has 2 heterocycles. The van der Waals surface area contributed by atoms with E-state index in [1.807, 2.05) is 4.90 Å². The largest absolute Gasteiger partial charge is 0.482 e. The van der Waals surface area contributed by atoms with Crippen molar-refractivity contribution < 1.29 is 19.1 Å². The Balaban J connectivity index is 1.48. The van der Waals surface area contributed by atoms with Crippen LogP contribution in [0.2, 0.25) is 0 Å². The molecular formula is C23H31N3O4. The molecule has 1 aromatic rings. The number of likely N-dealkylation sites (tertiary alicyclic amines) is 1. The number of benzene rings is 1. The number of nitrogens with zero attached hydrogens (tertiary/aromatic N) is 2. The van der Waals surface area contributed by atoms with Gasteiger partial charge in [0.1, 0.15) is 12.3 Å². The molecule has 2 aliphatic heterocycles. The van der Waals surface area contributed by atoms with E-state index in [1.165, 1.54) is 17.7 Å². The lowest BCUT2D eigenvalue weighted by Crippen LogP contribution is -2.47. The minimum Gasteiger partial charge on any atom is -0.482 e. The fourth-order valence-corrected chi connectivity index (χ4v) is 4.63. The second-order valence-corrected chi connectivity index (χ2v) is 8.56. The van der Waals surface area contributed by atoms with E-state index >= 15 is 0 Å². The summed E-state index contributed by atoms with van der Waals surface area (Å²) in [6.07, 6.45) is 9.88. The standard InChI is InChI=1S/C23H31N3O4/c27-21(24-18-8-4-1-2-5-9-18)15-26-19-14-17(10-11-20(19)30-16-22(26)28)23(29)25-12-6-3-7-13-25/h10-11,14,18H,1-9,12-13,15-16H2,(H,24,27). The summed E-state index contributed by atoms with van der Waals surface area (Å²) in [5.74, 6) is 0.0855. The van der Waals surface area contributed by atoms with Crippen LogP contribution < -0.4 is 15.0 Å². The Bertz CT molecular complexity index is 796. The zero-order valence-corrected chi connectivity index (χ0v) is 17.5. The van der Waals surface area contributed by atoms with Gasteiger partial charge in [0.05, 0.1) is 5.69 Å². The molecule has 0 bridgehead atoms. The molecule has 162 valence electrons. The summed E-state index contributed by atoms with van der Waals surface area (Å²) in [5.41, 5.74) is 1.04. The van der Waals surface area contributed by atoms with Crippen molar-refractivity contribution in [2.24, 2.45) is 0 Å². The van der Waals surface area contributed by atoms with Crippen molar-refractivity contribution in [1.82, 2.24) is 10.2 Å². The number of ether oxygens (including phenoxy) is 1. The van der Waals surface area contributed by atoms with Gasteiger partial charge in [-0.05, 0) is 50.3 Å². The number of anilines is 1. The van der Waals surface area contributed by atoms with Crippen LogP contribution in [0.3, 0.4) is 0 Å². The van der Waals surface area contributed by atoms with Crippen LogP contribution in [0.5, 0.6) is 5.75 Å². The number of rotatable bonds is 4. The van der Waals surface area contributed by atoms with E-state index in [1.54, 1.807) is 18.2 Å². The smallest absolute Gasteiger partial charge is 0.265 e. The van der Waals surface area contributed by atoms with Crippen LogP contribution in [0.1, 0.15) is 68.1 Å². The van der Waals surface area contributed by atoms with E-state index in [2.05, 4.69) is 5.32 Å². The third-order valence-electron chi connectivity index (χ3n) is 6.31. The van der Waals surface area contributed by atoms with Gasteiger partial charge in [0.25, 0.3) is 11.8 Å². The van der Waals surface area contributed by atoms with Crippen LogP contribution in [0.25, 0.3) is 0 Å². The van der Waals surface area contributed by atoms with Gasteiger partial charge in [-0.3, -0.25) is 19.3 Å². The SMILES string of the molecule is O=C(CN1C(=O)COc2ccc(C(=O)N3CCCCC3)cc21)NC1CCCCCC1. The Morgan fingerprint density at radius 3 is 2.43 bits per heavy atom. The van der Waals surface area contributed by atoms with Crippen LogP contribution in [-0.2, 0) is 9.59 Å². The minimum absolute atomic E-state index is 0.0293. The number of carbonyl (C=O) groups is 3. The summed E-state index contributed by atoms with van der Waals surface area (Å²) in [5, 5.41) is 3.10. The van der Waals surface area contributed by atoms with Crippen molar-refractivity contribution in [1.29, 1.82) is 0 Å². The fourth-order valence-electron chi connectivity index (χ4n) is 4.63. The lowest BCUT2D eigenvalue weighted by atomic mass is 10.1. The Morgan fingerprint density at radius 2 is 1.70 bits per heavy atom. The predicted molar refractivity (Wildman–Crippen MR) is 114 cm³/mol. The van der Waals surface area contributed by atoms with E-state index in [9.17, 15) is 14.4 Å². The maximum absolute atomic E-state index is 12.9. The van der Waals surface area contributed by atoms with Crippen LogP contribution in [0.4, 0.5) is 5.69 Å². The lowest BCUT2D eigenvalue weighted by molar-refractivity contribution is -0.125. The maximum Gasteiger partial charge on any atom is 0.265 e. The maximum atomic E-state index is 12.9. The number of nitrogens with one attached hydrogen (secondary N) is 1. The highest BCUT2D eigenvalue weighted by molar-refractivity contribution is 6.04. The topological polar surface area (TPSA) is 79.0 Å². The molecule has 3 aliphatic rings. The summed E-state index contributed by atoms with van der Waals surface area (Å²) in [6, 6.07) is 5.36. The second kappa shape index (κ2) is 9.49. The van der Waals surface area contributed by atoms with Crippen molar-refractivity contribution in [2.45, 2.75) is 63.8 Å². The molecule has 0 unspecified atom stereocenters. The van der Waals surface area contributed by atoms with Gasteiger partial charge in [-0.1, -0.05) is 25.7 Å². The molecule has 0 atom stereocenters. The number of amides is 3. The number of hydrogen-bond donors (Lipinski definition) is 1. The quantitative estimate of drug-likeness (QED) is 0.770. The summed E-state index contributed by atoms with van der Waals surface area (Å²) >= 11 is 0. The first kappa shape index (κ1) is 20.7. The molecule has 3 amide bonds. The average molecular weight is 414 g/mol. The van der Waals surface area contributed by atoms with Crippen LogP contribution in [0.15, 0.2) is 18.2 Å². The van der Waals surface area contributed by atoms with Crippen molar-refractivity contribution >= 4 is 23.4 Å². The molecule has 1 saturated heterocycles.